The molecule has 0 saturated carbocycles. The predicted octanol–water partition coefficient (Wildman–Crippen LogP) is 5.58. The monoisotopic (exact) mass is 517 g/mol. The molecule has 0 bridgehead atoms. The molecule has 11 heteroatoms. The van der Waals surface area contributed by atoms with Crippen molar-refractivity contribution in [1.82, 2.24) is 9.55 Å². The number of aryl methyl sites for hydroxylation is 2. The van der Waals surface area contributed by atoms with Crippen molar-refractivity contribution >= 4 is 32.7 Å². The summed E-state index contributed by atoms with van der Waals surface area (Å²) < 4.78 is 65.4. The van der Waals surface area contributed by atoms with Gasteiger partial charge in [0.2, 0.25) is 0 Å². The van der Waals surface area contributed by atoms with Gasteiger partial charge >= 0.3 is 21.5 Å². The number of nitrogens with one attached hydrogen (secondary N) is 1. The topological polar surface area (TPSA) is 101 Å². The van der Waals surface area contributed by atoms with E-state index in [9.17, 15) is 31.5 Å². The average Bonchev–Trinajstić information content (AvgIpc) is 3.17. The molecule has 0 unspecified atom stereocenters. The number of rotatable bonds is 7. The number of pyridine rings is 1. The van der Waals surface area contributed by atoms with Gasteiger partial charge in [0.15, 0.2) is 5.69 Å². The first-order valence-electron chi connectivity index (χ1n) is 10.9. The Morgan fingerprint density at radius 3 is 2.36 bits per heavy atom. The number of halogens is 3. The first-order valence-corrected chi connectivity index (χ1v) is 12.4. The summed E-state index contributed by atoms with van der Waals surface area (Å²) in [5, 5.41) is 10.3. The van der Waals surface area contributed by atoms with E-state index in [0.29, 0.717) is 29.7 Å². The van der Waals surface area contributed by atoms with Crippen LogP contribution in [0, 0.1) is 6.92 Å². The highest BCUT2D eigenvalue weighted by Gasteiger charge is 2.46. The largest absolute Gasteiger partial charge is 0.516 e. The quantitative estimate of drug-likeness (QED) is 0.333. The van der Waals surface area contributed by atoms with Gasteiger partial charge in [-0.2, -0.15) is 21.6 Å². The summed E-state index contributed by atoms with van der Waals surface area (Å²) in [6.45, 7) is 4.21. The zero-order chi connectivity index (χ0) is 26.3. The second kappa shape index (κ2) is 9.30. The number of nitrogens with zero attached hydrogens (tertiary/aromatic N) is 2. The molecular formula is C25H22F3N3O4S. The molecule has 188 valence electrons. The summed E-state index contributed by atoms with van der Waals surface area (Å²) in [6.07, 6.45) is 0.697. The molecular weight excluding hydrogens is 495 g/mol. The molecule has 0 aliphatic heterocycles. The molecule has 2 aromatic heterocycles. The van der Waals surface area contributed by atoms with Gasteiger partial charge in [-0.3, -0.25) is 4.72 Å². The number of aromatic carboxylic acids is 1. The van der Waals surface area contributed by atoms with Crippen LogP contribution in [0.4, 0.5) is 18.9 Å². The smallest absolute Gasteiger partial charge is 0.477 e. The standard InChI is InChI=1S/C25H22F3N3O4S/c1-3-18-13-20-15(2)12-22(24(32)33)29-23(20)31(18)14-16-8-10-17(11-9-16)19-6-4-5-7-21(19)30-36(34,35)25(26,27)28/h4-13,30H,3,14H2,1-2H3,(H,32,33). The molecule has 7 nitrogen and oxygen atoms in total. The number of para-hydroxylation sites is 1. The van der Waals surface area contributed by atoms with Gasteiger partial charge in [0.1, 0.15) is 5.65 Å². The third-order valence-electron chi connectivity index (χ3n) is 5.82. The van der Waals surface area contributed by atoms with Crippen molar-refractivity contribution in [1.29, 1.82) is 0 Å². The lowest BCUT2D eigenvalue weighted by Gasteiger charge is -2.15. The highest BCUT2D eigenvalue weighted by molar-refractivity contribution is 7.93. The summed E-state index contributed by atoms with van der Waals surface area (Å²) in [5.41, 5.74) is -1.68. The van der Waals surface area contributed by atoms with Crippen molar-refractivity contribution in [3.63, 3.8) is 0 Å². The maximum absolute atomic E-state index is 12.9. The second-order valence-electron chi connectivity index (χ2n) is 8.24. The van der Waals surface area contributed by atoms with Crippen LogP contribution < -0.4 is 4.72 Å². The summed E-state index contributed by atoms with van der Waals surface area (Å²) in [4.78, 5) is 15.8. The van der Waals surface area contributed by atoms with E-state index < -0.39 is 21.5 Å². The highest BCUT2D eigenvalue weighted by Crippen LogP contribution is 2.32. The number of carboxylic acid groups (broad SMARTS) is 1. The Bertz CT molecular complexity index is 1560. The minimum atomic E-state index is -5.57. The van der Waals surface area contributed by atoms with Crippen LogP contribution in [-0.2, 0) is 23.0 Å². The molecule has 0 amide bonds. The van der Waals surface area contributed by atoms with Crippen molar-refractivity contribution < 1.29 is 31.5 Å². The van der Waals surface area contributed by atoms with Gasteiger partial charge in [0, 0.05) is 23.2 Å². The maximum atomic E-state index is 12.9. The Labute approximate surface area is 205 Å². The lowest BCUT2D eigenvalue weighted by Crippen LogP contribution is -2.30. The zero-order valence-electron chi connectivity index (χ0n) is 19.3. The van der Waals surface area contributed by atoms with Gasteiger partial charge in [-0.05, 0) is 48.2 Å². The Kier molecular flexibility index (Phi) is 6.52. The second-order valence-corrected chi connectivity index (χ2v) is 9.91. The van der Waals surface area contributed by atoms with Gasteiger partial charge in [0.25, 0.3) is 0 Å². The molecule has 4 rings (SSSR count). The van der Waals surface area contributed by atoms with E-state index in [1.165, 1.54) is 24.3 Å². The van der Waals surface area contributed by atoms with Crippen molar-refractivity contribution in [2.75, 3.05) is 4.72 Å². The molecule has 2 aromatic carbocycles. The maximum Gasteiger partial charge on any atom is 0.516 e. The first kappa shape index (κ1) is 25.2. The number of benzene rings is 2. The predicted molar refractivity (Wildman–Crippen MR) is 130 cm³/mol. The Hall–Kier alpha value is -3.86. The van der Waals surface area contributed by atoms with Gasteiger partial charge < -0.3 is 9.67 Å². The Balaban J connectivity index is 1.69. The summed E-state index contributed by atoms with van der Waals surface area (Å²) in [5.74, 6) is -1.12. The molecule has 2 N–H and O–H groups in total. The van der Waals surface area contributed by atoms with E-state index in [1.807, 2.05) is 24.5 Å². The van der Waals surface area contributed by atoms with E-state index in [1.54, 1.807) is 35.1 Å². The Morgan fingerprint density at radius 2 is 1.75 bits per heavy atom. The fraction of sp³-hybridized carbons (Fsp3) is 0.200. The summed E-state index contributed by atoms with van der Waals surface area (Å²) in [7, 11) is -5.57. The SMILES string of the molecule is CCc1cc2c(C)cc(C(=O)O)nc2n1Cc1ccc(-c2ccccc2NS(=O)(=O)C(F)(F)F)cc1. The number of anilines is 1. The number of hydrogen-bond donors (Lipinski definition) is 2. The van der Waals surface area contributed by atoms with Crippen LogP contribution in [0.2, 0.25) is 0 Å². The number of fused-ring (bicyclic) bond motifs is 1. The van der Waals surface area contributed by atoms with Crippen molar-refractivity contribution in [2.24, 2.45) is 0 Å². The summed E-state index contributed by atoms with van der Waals surface area (Å²) in [6, 6.07) is 16.3. The van der Waals surface area contributed by atoms with Gasteiger partial charge in [-0.1, -0.05) is 49.4 Å². The first-order chi connectivity index (χ1) is 16.9. The number of alkyl halides is 3. The fourth-order valence-corrected chi connectivity index (χ4v) is 4.59. The number of hydrogen-bond acceptors (Lipinski definition) is 4. The van der Waals surface area contributed by atoms with Gasteiger partial charge in [0.05, 0.1) is 5.69 Å². The minimum Gasteiger partial charge on any atom is -0.477 e. The fourth-order valence-electron chi connectivity index (χ4n) is 4.01. The highest BCUT2D eigenvalue weighted by atomic mass is 32.2. The van der Waals surface area contributed by atoms with E-state index in [-0.39, 0.29) is 11.4 Å². The number of sulfonamides is 1. The number of carboxylic acids is 1. The van der Waals surface area contributed by atoms with E-state index >= 15 is 0 Å². The van der Waals surface area contributed by atoms with Crippen molar-refractivity contribution in [3.05, 3.63) is 83.2 Å². The van der Waals surface area contributed by atoms with Crippen molar-refractivity contribution in [2.45, 2.75) is 32.3 Å². The lowest BCUT2D eigenvalue weighted by atomic mass is 10.0. The Morgan fingerprint density at radius 1 is 1.08 bits per heavy atom. The molecule has 4 aromatic rings. The third kappa shape index (κ3) is 4.78. The van der Waals surface area contributed by atoms with Gasteiger partial charge in [-0.15, -0.1) is 0 Å². The zero-order valence-corrected chi connectivity index (χ0v) is 20.1. The third-order valence-corrected chi connectivity index (χ3v) is 6.92. The molecule has 0 aliphatic carbocycles. The molecule has 0 aliphatic rings. The van der Waals surface area contributed by atoms with Crippen LogP contribution in [-0.4, -0.2) is 34.6 Å². The van der Waals surface area contributed by atoms with E-state index in [2.05, 4.69) is 4.98 Å². The molecule has 0 spiro atoms. The van der Waals surface area contributed by atoms with Crippen LogP contribution in [0.3, 0.4) is 0 Å². The molecule has 0 radical (unpaired) electrons. The van der Waals surface area contributed by atoms with Crippen LogP contribution in [0.5, 0.6) is 0 Å². The number of aromatic nitrogens is 2. The van der Waals surface area contributed by atoms with E-state index in [4.69, 9.17) is 0 Å². The van der Waals surface area contributed by atoms with Crippen LogP contribution in [0.15, 0.2) is 60.7 Å². The normalized spacial score (nSPS) is 12.1. The van der Waals surface area contributed by atoms with Crippen LogP contribution >= 0.6 is 0 Å². The molecule has 0 fully saturated rings. The van der Waals surface area contributed by atoms with Crippen LogP contribution in [0.1, 0.15) is 34.2 Å². The van der Waals surface area contributed by atoms with E-state index in [0.717, 1.165) is 22.2 Å². The summed E-state index contributed by atoms with van der Waals surface area (Å²) >= 11 is 0. The molecule has 0 atom stereocenters. The van der Waals surface area contributed by atoms with Crippen molar-refractivity contribution in [3.8, 4) is 11.1 Å². The average molecular weight is 518 g/mol. The number of carbonyl (C=O) groups is 1. The molecule has 2 heterocycles. The molecule has 0 saturated heterocycles. The van der Waals surface area contributed by atoms with Crippen LogP contribution in [0.25, 0.3) is 22.2 Å². The lowest BCUT2D eigenvalue weighted by molar-refractivity contribution is -0.0429. The minimum absolute atomic E-state index is 0.0460. The molecule has 36 heavy (non-hydrogen) atoms. The van der Waals surface area contributed by atoms with Gasteiger partial charge in [-0.25, -0.2) is 9.78 Å².